The summed E-state index contributed by atoms with van der Waals surface area (Å²) in [6.45, 7) is 22.4. The van der Waals surface area contributed by atoms with E-state index in [2.05, 4.69) is 244 Å². The van der Waals surface area contributed by atoms with Crippen LogP contribution in [0.3, 0.4) is 0 Å². The molecule has 1 aromatic heterocycles. The maximum Gasteiger partial charge on any atom is 2.00 e. The number of aromatic nitrogens is 2. The quantitative estimate of drug-likeness (QED) is 0.146. The van der Waals surface area contributed by atoms with Crippen molar-refractivity contribution in [3.05, 3.63) is 198 Å². The number of phenolic OH excluding ortho intramolecular Hbond substituents is 1. The number of nitrogens with zero attached hydrogens (tertiary/aromatic N) is 2. The molecular weight excluding hydrogens is 996 g/mol. The van der Waals surface area contributed by atoms with E-state index in [1.807, 2.05) is 6.07 Å². The standard InChI is InChI=1S/C63H60N2O.Pt/c1-40(2)47-36-52(41(3)4)60(66)55(37-47)61-64-59-51(49-33-48(34-50(35-49)62(5,6)7)46-29-20-28-45(32-46)42-22-14-11-15-23-42)30-21-31-57(59)65(61)58-39-53(43-24-16-12-17-25-43)56(63(8,9)10)38-54(58)44-26-18-13-19-27-44;/h11-28,30-32,34-41,66H,1-10H3;/q-2;+2. The van der Waals surface area contributed by atoms with Gasteiger partial charge in [-0.25, -0.2) is 10.5 Å². The number of imidazole rings is 1. The van der Waals surface area contributed by atoms with Gasteiger partial charge in [-0.3, -0.25) is 4.57 Å². The Morgan fingerprint density at radius 1 is 0.522 bits per heavy atom. The van der Waals surface area contributed by atoms with E-state index in [0.29, 0.717) is 11.4 Å². The molecule has 9 rings (SSSR count). The molecule has 1 N–H and O–H groups in total. The summed E-state index contributed by atoms with van der Waals surface area (Å²) in [4.78, 5) is 5.73. The molecule has 0 saturated heterocycles. The van der Waals surface area contributed by atoms with E-state index in [1.54, 1.807) is 0 Å². The fourth-order valence-electron chi connectivity index (χ4n) is 9.19. The number of fused-ring (bicyclic) bond motifs is 1. The number of phenols is 1. The van der Waals surface area contributed by atoms with Gasteiger partial charge >= 0.3 is 21.1 Å². The third-order valence-electron chi connectivity index (χ3n) is 13.0. The summed E-state index contributed by atoms with van der Waals surface area (Å²) in [6, 6.07) is 65.9. The van der Waals surface area contributed by atoms with E-state index in [9.17, 15) is 5.11 Å². The maximum atomic E-state index is 12.5. The minimum Gasteiger partial charge on any atom is -0.507 e. The summed E-state index contributed by atoms with van der Waals surface area (Å²) in [7, 11) is 0. The predicted molar refractivity (Wildman–Crippen MR) is 279 cm³/mol. The van der Waals surface area contributed by atoms with Gasteiger partial charge in [0.15, 0.2) is 0 Å². The number of rotatable bonds is 9. The van der Waals surface area contributed by atoms with Gasteiger partial charge in [-0.15, -0.1) is 28.8 Å². The van der Waals surface area contributed by atoms with Gasteiger partial charge in [-0.1, -0.05) is 184 Å². The van der Waals surface area contributed by atoms with E-state index in [1.165, 1.54) is 11.1 Å². The van der Waals surface area contributed by atoms with Crippen LogP contribution in [0.4, 0.5) is 0 Å². The van der Waals surface area contributed by atoms with Crippen LogP contribution in [0.5, 0.6) is 5.75 Å². The minimum absolute atomic E-state index is 0. The second-order valence-corrected chi connectivity index (χ2v) is 20.5. The van der Waals surface area contributed by atoms with Crippen LogP contribution in [-0.4, -0.2) is 14.7 Å². The number of para-hydroxylation sites is 1. The Bertz CT molecular complexity index is 3200. The fraction of sp³-hybridized carbons (Fsp3) is 0.222. The first-order chi connectivity index (χ1) is 31.6. The van der Waals surface area contributed by atoms with Gasteiger partial charge in [0, 0.05) is 5.56 Å². The molecule has 0 saturated carbocycles. The summed E-state index contributed by atoms with van der Waals surface area (Å²) in [5.74, 6) is 1.28. The van der Waals surface area contributed by atoms with Crippen molar-refractivity contribution in [1.29, 1.82) is 0 Å². The van der Waals surface area contributed by atoms with Crippen molar-refractivity contribution in [2.45, 2.75) is 91.9 Å². The molecule has 0 bridgehead atoms. The van der Waals surface area contributed by atoms with Crippen LogP contribution >= 0.6 is 0 Å². The Morgan fingerprint density at radius 3 is 1.73 bits per heavy atom. The summed E-state index contributed by atoms with van der Waals surface area (Å²) < 4.78 is 2.31. The maximum absolute atomic E-state index is 12.5. The average Bonchev–Trinajstić information content (AvgIpc) is 3.70. The Hall–Kier alpha value is -6.28. The average molecular weight is 1060 g/mol. The summed E-state index contributed by atoms with van der Waals surface area (Å²) in [5, 5.41) is 12.5. The van der Waals surface area contributed by atoms with Crippen LogP contribution in [0.25, 0.3) is 83.7 Å². The Kier molecular flexibility index (Phi) is 13.2. The van der Waals surface area contributed by atoms with Gasteiger partial charge in [0.05, 0.1) is 22.3 Å². The minimum atomic E-state index is -0.167. The van der Waals surface area contributed by atoms with E-state index >= 15 is 0 Å². The van der Waals surface area contributed by atoms with Crippen LogP contribution in [-0.2, 0) is 31.9 Å². The van der Waals surface area contributed by atoms with Crippen molar-refractivity contribution in [2.24, 2.45) is 0 Å². The molecule has 0 fully saturated rings. The molecule has 0 atom stereocenters. The number of aromatic hydroxyl groups is 1. The predicted octanol–water partition coefficient (Wildman–Crippen LogP) is 17.2. The van der Waals surface area contributed by atoms with Crippen molar-refractivity contribution in [2.75, 3.05) is 0 Å². The van der Waals surface area contributed by atoms with E-state index in [-0.39, 0.29) is 49.5 Å². The van der Waals surface area contributed by atoms with Crippen molar-refractivity contribution in [1.82, 2.24) is 9.55 Å². The summed E-state index contributed by atoms with van der Waals surface area (Å²) in [5.41, 5.74) is 18.4. The molecule has 3 nitrogen and oxygen atoms in total. The van der Waals surface area contributed by atoms with Crippen molar-refractivity contribution in [3.8, 4) is 78.5 Å². The molecule has 0 unspecified atom stereocenters. The van der Waals surface area contributed by atoms with Gasteiger partial charge in [0.1, 0.15) is 11.6 Å². The Morgan fingerprint density at radius 2 is 1.13 bits per heavy atom. The SMILES string of the molecule is CC(C)c1cc(-c2nc3c(-c4[c-]c(-c5[c-]ccc(-c6ccccc6)c5)cc(C(C)(C)C)c4)cccc3n2-c2cc(-c3ccccc3)c(C(C)(C)C)cc2-c2ccccc2)c(O)c(C(C)C)c1.[Pt+2]. The Labute approximate surface area is 412 Å². The molecule has 0 aliphatic heterocycles. The number of benzene rings is 8. The summed E-state index contributed by atoms with van der Waals surface area (Å²) >= 11 is 0. The largest absolute Gasteiger partial charge is 2.00 e. The molecule has 338 valence electrons. The topological polar surface area (TPSA) is 38.0 Å². The number of hydrogen-bond acceptors (Lipinski definition) is 2. The second-order valence-electron chi connectivity index (χ2n) is 20.5. The number of hydrogen-bond donors (Lipinski definition) is 1. The zero-order valence-corrected chi connectivity index (χ0v) is 42.7. The van der Waals surface area contributed by atoms with Crippen LogP contribution in [0, 0.1) is 12.1 Å². The van der Waals surface area contributed by atoms with Crippen LogP contribution < -0.4 is 0 Å². The van der Waals surface area contributed by atoms with E-state index in [4.69, 9.17) is 4.98 Å². The van der Waals surface area contributed by atoms with Crippen molar-refractivity contribution >= 4 is 11.0 Å². The van der Waals surface area contributed by atoms with Gasteiger partial charge in [0.25, 0.3) is 0 Å². The first-order valence-corrected chi connectivity index (χ1v) is 23.4. The van der Waals surface area contributed by atoms with Gasteiger partial charge < -0.3 is 5.11 Å². The van der Waals surface area contributed by atoms with Crippen LogP contribution in [0.15, 0.2) is 164 Å². The molecule has 9 aromatic rings. The zero-order chi connectivity index (χ0) is 46.5. The van der Waals surface area contributed by atoms with Crippen molar-refractivity contribution in [3.63, 3.8) is 0 Å². The monoisotopic (exact) mass is 1060 g/mol. The molecule has 0 aliphatic rings. The molecule has 4 heteroatoms. The van der Waals surface area contributed by atoms with Gasteiger partial charge in [-0.05, 0) is 85.9 Å². The normalized spacial score (nSPS) is 11.9. The van der Waals surface area contributed by atoms with Gasteiger partial charge in [-0.2, -0.15) is 35.9 Å². The summed E-state index contributed by atoms with van der Waals surface area (Å²) in [6.07, 6.45) is 0. The second kappa shape index (κ2) is 18.8. The van der Waals surface area contributed by atoms with E-state index < -0.39 is 0 Å². The molecule has 67 heavy (non-hydrogen) atoms. The molecular formula is C63H60N2OPt. The Balaban J connectivity index is 0.00000608. The smallest absolute Gasteiger partial charge is 0.507 e. The van der Waals surface area contributed by atoms with E-state index in [0.717, 1.165) is 83.5 Å². The third kappa shape index (κ3) is 9.37. The molecule has 0 spiro atoms. The zero-order valence-electron chi connectivity index (χ0n) is 40.4. The van der Waals surface area contributed by atoms with Crippen LogP contribution in [0.1, 0.15) is 103 Å². The molecule has 8 aromatic carbocycles. The third-order valence-corrected chi connectivity index (χ3v) is 13.0. The fourth-order valence-corrected chi connectivity index (χ4v) is 9.19. The van der Waals surface area contributed by atoms with Crippen molar-refractivity contribution < 1.29 is 26.2 Å². The van der Waals surface area contributed by atoms with Gasteiger partial charge in [0.2, 0.25) is 0 Å². The first-order valence-electron chi connectivity index (χ1n) is 23.4. The first kappa shape index (κ1) is 47.2. The van der Waals surface area contributed by atoms with Crippen LogP contribution in [0.2, 0.25) is 0 Å². The molecule has 0 radical (unpaired) electrons. The molecule has 0 aliphatic carbocycles. The molecule has 1 heterocycles. The molecule has 0 amide bonds.